The summed E-state index contributed by atoms with van der Waals surface area (Å²) in [6, 6.07) is 21.0. The Hall–Kier alpha value is -2.83. The van der Waals surface area contributed by atoms with E-state index in [1.807, 2.05) is 12.1 Å². The molecule has 0 unspecified atom stereocenters. The first-order valence-corrected chi connectivity index (χ1v) is 14.0. The summed E-state index contributed by atoms with van der Waals surface area (Å²) in [6.07, 6.45) is 2.38. The molecule has 1 spiro atoms. The van der Waals surface area contributed by atoms with Crippen molar-refractivity contribution >= 4 is 16.6 Å². The van der Waals surface area contributed by atoms with Gasteiger partial charge in [0.25, 0.3) is 0 Å². The van der Waals surface area contributed by atoms with E-state index < -0.39 is 22.5 Å². The Labute approximate surface area is 230 Å². The number of fused-ring (bicyclic) bond motifs is 5. The molecule has 6 atom stereocenters. The van der Waals surface area contributed by atoms with Gasteiger partial charge in [-0.1, -0.05) is 79.7 Å². The van der Waals surface area contributed by atoms with Crippen LogP contribution in [-0.2, 0) is 28.8 Å². The molecule has 0 aliphatic heterocycles. The standard InChI is InChI=1S/C34H38O5/c1-21-31-29(20-36)18-33(34(31,38)39-3)30(37)12-8-22-5-4-6-23(13-22)14-28(19-35)26-11-10-25-9-7-24(15-27(25)16-26)17-32(21,33)2/h4-7,9-11,13,15-16,28-29,31,35-36,38H,1,8,12,14,17-20H2,2-3H3/t28-,29+,31-,32+,33+,34+/m0/s1. The zero-order valence-electron chi connectivity index (χ0n) is 22.8. The number of ether oxygens (including phenoxy) is 1. The van der Waals surface area contributed by atoms with Gasteiger partial charge in [-0.3, -0.25) is 4.79 Å². The van der Waals surface area contributed by atoms with Crippen LogP contribution in [0.4, 0.5) is 0 Å². The molecule has 39 heavy (non-hydrogen) atoms. The van der Waals surface area contributed by atoms with Crippen LogP contribution < -0.4 is 0 Å². The molecule has 5 nitrogen and oxygen atoms in total. The number of carbonyl (C=O) groups is 1. The molecular formula is C34H38O5. The van der Waals surface area contributed by atoms with Crippen molar-refractivity contribution in [3.8, 4) is 0 Å². The summed E-state index contributed by atoms with van der Waals surface area (Å²) < 4.78 is 5.88. The third-order valence-electron chi connectivity index (χ3n) is 10.4. The number of methoxy groups -OCH3 is 1. The van der Waals surface area contributed by atoms with Crippen LogP contribution in [0.25, 0.3) is 10.8 Å². The number of rotatable bonds is 3. The van der Waals surface area contributed by atoms with Gasteiger partial charge in [0.1, 0.15) is 5.78 Å². The quantitative estimate of drug-likeness (QED) is 0.339. The maximum atomic E-state index is 14.5. The average Bonchev–Trinajstić information content (AvgIpc) is 3.29. The normalized spacial score (nSPS) is 34.2. The topological polar surface area (TPSA) is 87.0 Å². The molecule has 0 radical (unpaired) electrons. The summed E-state index contributed by atoms with van der Waals surface area (Å²) in [7, 11) is 1.47. The Kier molecular flexibility index (Phi) is 6.35. The minimum atomic E-state index is -1.73. The van der Waals surface area contributed by atoms with Gasteiger partial charge in [0.15, 0.2) is 5.79 Å². The molecule has 3 aliphatic carbocycles. The van der Waals surface area contributed by atoms with Crippen LogP contribution in [0.1, 0.15) is 47.9 Å². The van der Waals surface area contributed by atoms with E-state index in [-0.39, 0.29) is 37.3 Å². The SMILES string of the molecule is C=C1[C@H]2[C@@H](CO)C[C@]3(C(=O)CCc4cccc(c4)C[C@@H](CO)c4ccc5ccc(cc5c4)C[C@]13C)[C@]2(O)OC. The highest BCUT2D eigenvalue weighted by atomic mass is 16.6. The lowest BCUT2D eigenvalue weighted by Gasteiger charge is -2.48. The minimum absolute atomic E-state index is 0.0268. The maximum absolute atomic E-state index is 14.5. The van der Waals surface area contributed by atoms with Crippen LogP contribution in [0.15, 0.2) is 72.8 Å². The Morgan fingerprint density at radius 3 is 2.46 bits per heavy atom. The minimum Gasteiger partial charge on any atom is -0.396 e. The molecule has 3 N–H and O–H groups in total. The van der Waals surface area contributed by atoms with Crippen LogP contribution in [0.2, 0.25) is 0 Å². The number of aryl methyl sites for hydroxylation is 1. The van der Waals surface area contributed by atoms with Crippen LogP contribution >= 0.6 is 0 Å². The van der Waals surface area contributed by atoms with Crippen molar-refractivity contribution in [1.29, 1.82) is 0 Å². The van der Waals surface area contributed by atoms with E-state index in [1.165, 1.54) is 7.11 Å². The number of hydrogen-bond donors (Lipinski definition) is 3. The van der Waals surface area contributed by atoms with Crippen LogP contribution in [0, 0.1) is 22.7 Å². The van der Waals surface area contributed by atoms with Crippen molar-refractivity contribution in [2.75, 3.05) is 20.3 Å². The number of aliphatic hydroxyl groups is 3. The largest absolute Gasteiger partial charge is 0.396 e. The van der Waals surface area contributed by atoms with Crippen molar-refractivity contribution in [3.63, 3.8) is 0 Å². The molecule has 6 rings (SSSR count). The molecule has 3 aliphatic rings. The number of hydrogen-bond acceptors (Lipinski definition) is 5. The first-order valence-electron chi connectivity index (χ1n) is 14.0. The van der Waals surface area contributed by atoms with Crippen LogP contribution in [0.5, 0.6) is 0 Å². The predicted molar refractivity (Wildman–Crippen MR) is 151 cm³/mol. The molecule has 3 aromatic carbocycles. The molecule has 0 amide bonds. The Morgan fingerprint density at radius 2 is 1.72 bits per heavy atom. The third-order valence-corrected chi connectivity index (χ3v) is 10.4. The van der Waals surface area contributed by atoms with Crippen molar-refractivity contribution in [2.45, 2.75) is 50.7 Å². The lowest BCUT2D eigenvalue weighted by Crippen LogP contribution is -2.56. The number of benzene rings is 3. The van der Waals surface area contributed by atoms with Crippen molar-refractivity contribution < 1.29 is 24.9 Å². The van der Waals surface area contributed by atoms with Gasteiger partial charge in [-0.15, -0.1) is 0 Å². The van der Waals surface area contributed by atoms with Crippen molar-refractivity contribution in [3.05, 3.63) is 95.1 Å². The van der Waals surface area contributed by atoms with E-state index in [1.54, 1.807) is 0 Å². The molecule has 0 heterocycles. The highest BCUT2D eigenvalue weighted by Crippen LogP contribution is 2.74. The fraction of sp³-hybridized carbons (Fsp3) is 0.441. The molecule has 2 saturated carbocycles. The lowest BCUT2D eigenvalue weighted by atomic mass is 9.55. The van der Waals surface area contributed by atoms with Crippen LogP contribution in [0.3, 0.4) is 0 Å². The molecule has 5 heteroatoms. The summed E-state index contributed by atoms with van der Waals surface area (Å²) in [4.78, 5) is 14.5. The number of carbonyl (C=O) groups excluding carboxylic acids is 1. The van der Waals surface area contributed by atoms with Gasteiger partial charge >= 0.3 is 0 Å². The van der Waals surface area contributed by atoms with Gasteiger partial charge in [0.05, 0.1) is 12.0 Å². The Balaban J connectivity index is 1.56. The zero-order chi connectivity index (χ0) is 27.6. The summed E-state index contributed by atoms with van der Waals surface area (Å²) >= 11 is 0. The highest BCUT2D eigenvalue weighted by Gasteiger charge is 2.80. The van der Waals surface area contributed by atoms with Gasteiger partial charge in [-0.05, 0) is 64.6 Å². The first-order chi connectivity index (χ1) is 18.7. The fourth-order valence-corrected chi connectivity index (χ4v) is 8.40. The molecular weight excluding hydrogens is 488 g/mol. The molecule has 0 saturated heterocycles. The average molecular weight is 527 g/mol. The summed E-state index contributed by atoms with van der Waals surface area (Å²) in [5.74, 6) is -2.61. The Morgan fingerprint density at radius 1 is 0.949 bits per heavy atom. The van der Waals surface area contributed by atoms with Gasteiger partial charge in [0.2, 0.25) is 0 Å². The highest BCUT2D eigenvalue weighted by molar-refractivity contribution is 5.90. The van der Waals surface area contributed by atoms with Crippen LogP contribution in [-0.4, -0.2) is 47.2 Å². The zero-order valence-corrected chi connectivity index (χ0v) is 22.8. The number of aliphatic hydroxyl groups excluding tert-OH is 2. The van der Waals surface area contributed by atoms with E-state index in [0.717, 1.165) is 38.6 Å². The van der Waals surface area contributed by atoms with E-state index in [4.69, 9.17) is 4.74 Å². The molecule has 2 fully saturated rings. The number of ketones is 1. The van der Waals surface area contributed by atoms with E-state index in [0.29, 0.717) is 25.7 Å². The predicted octanol–water partition coefficient (Wildman–Crippen LogP) is 4.74. The molecule has 7 bridgehead atoms. The summed E-state index contributed by atoms with van der Waals surface area (Å²) in [6.45, 7) is 6.43. The van der Waals surface area contributed by atoms with Gasteiger partial charge in [-0.2, -0.15) is 0 Å². The fourth-order valence-electron chi connectivity index (χ4n) is 8.40. The number of Topliss-reactive ketones (excluding diaryl/α,β-unsaturated/α-hetero) is 1. The van der Waals surface area contributed by atoms with E-state index in [2.05, 4.69) is 62.0 Å². The maximum Gasteiger partial charge on any atom is 0.185 e. The third kappa shape index (κ3) is 3.64. The molecule has 0 aromatic heterocycles. The van der Waals surface area contributed by atoms with Gasteiger partial charge in [0, 0.05) is 37.4 Å². The summed E-state index contributed by atoms with van der Waals surface area (Å²) in [5, 5.41) is 35.0. The second-order valence-electron chi connectivity index (χ2n) is 12.2. The van der Waals surface area contributed by atoms with Gasteiger partial charge in [-0.25, -0.2) is 0 Å². The first kappa shape index (κ1) is 26.4. The van der Waals surface area contributed by atoms with Crippen molar-refractivity contribution in [1.82, 2.24) is 0 Å². The summed E-state index contributed by atoms with van der Waals surface area (Å²) in [5.41, 5.74) is 3.12. The second-order valence-corrected chi connectivity index (χ2v) is 12.2. The molecule has 204 valence electrons. The van der Waals surface area contributed by atoms with Crippen molar-refractivity contribution in [2.24, 2.45) is 22.7 Å². The molecule has 3 aromatic rings. The Bertz CT molecular complexity index is 1460. The van der Waals surface area contributed by atoms with E-state index in [9.17, 15) is 20.1 Å². The lowest BCUT2D eigenvalue weighted by molar-refractivity contribution is -0.254. The van der Waals surface area contributed by atoms with E-state index >= 15 is 0 Å². The monoisotopic (exact) mass is 526 g/mol. The van der Waals surface area contributed by atoms with Gasteiger partial charge < -0.3 is 20.1 Å². The second kappa shape index (κ2) is 9.38. The smallest absolute Gasteiger partial charge is 0.185 e.